The van der Waals surface area contributed by atoms with Crippen LogP contribution in [0.2, 0.25) is 0 Å². The van der Waals surface area contributed by atoms with Gasteiger partial charge in [0.1, 0.15) is 0 Å². The molecule has 118 valence electrons. The van der Waals surface area contributed by atoms with Gasteiger partial charge in [-0.15, -0.1) is 0 Å². The quantitative estimate of drug-likeness (QED) is 0.859. The Bertz CT molecular complexity index is 623. The molecule has 0 spiro atoms. The summed E-state index contributed by atoms with van der Waals surface area (Å²) in [6.45, 7) is 3.34. The van der Waals surface area contributed by atoms with Crippen molar-refractivity contribution in [3.63, 3.8) is 0 Å². The van der Waals surface area contributed by atoms with Crippen molar-refractivity contribution < 1.29 is 17.6 Å². The number of sulfonamides is 1. The lowest BCUT2D eigenvalue weighted by Crippen LogP contribution is -2.35. The Balaban J connectivity index is 2.15. The molecule has 1 aliphatic rings. The van der Waals surface area contributed by atoms with Crippen molar-refractivity contribution >= 4 is 15.9 Å². The number of hydrogen-bond donors (Lipinski definition) is 1. The van der Waals surface area contributed by atoms with E-state index in [4.69, 9.17) is 4.42 Å². The van der Waals surface area contributed by atoms with Crippen LogP contribution in [0.5, 0.6) is 0 Å². The molecular weight excluding hydrogens is 294 g/mol. The van der Waals surface area contributed by atoms with Crippen LogP contribution in [0, 0.1) is 5.92 Å². The SMILES string of the molecule is CNS(=O)(=O)c1ccc(C(=O)N2CC(C)C(N(C)C)C2)o1. The Labute approximate surface area is 124 Å². The molecule has 0 bridgehead atoms. The fourth-order valence-corrected chi connectivity index (χ4v) is 3.27. The van der Waals surface area contributed by atoms with Crippen LogP contribution in [-0.4, -0.2) is 64.4 Å². The van der Waals surface area contributed by atoms with Crippen LogP contribution in [0.1, 0.15) is 17.5 Å². The second-order valence-electron chi connectivity index (χ2n) is 5.54. The van der Waals surface area contributed by atoms with Gasteiger partial charge in [0.2, 0.25) is 5.09 Å². The van der Waals surface area contributed by atoms with E-state index in [1.165, 1.54) is 19.2 Å². The highest BCUT2D eigenvalue weighted by Gasteiger charge is 2.35. The van der Waals surface area contributed by atoms with Crippen LogP contribution in [0.3, 0.4) is 0 Å². The average Bonchev–Trinajstić information content (AvgIpc) is 3.04. The fraction of sp³-hybridized carbons (Fsp3) is 0.615. The second kappa shape index (κ2) is 5.78. The van der Waals surface area contributed by atoms with Crippen LogP contribution in [-0.2, 0) is 10.0 Å². The smallest absolute Gasteiger partial charge is 0.289 e. The van der Waals surface area contributed by atoms with Gasteiger partial charge in [0, 0.05) is 19.1 Å². The third-order valence-corrected chi connectivity index (χ3v) is 5.14. The molecule has 0 aromatic carbocycles. The minimum absolute atomic E-state index is 0.0513. The Morgan fingerprint density at radius 1 is 1.38 bits per heavy atom. The molecule has 1 aliphatic heterocycles. The van der Waals surface area contributed by atoms with Gasteiger partial charge in [-0.2, -0.15) is 0 Å². The normalized spacial score (nSPS) is 23.0. The summed E-state index contributed by atoms with van der Waals surface area (Å²) in [5, 5.41) is -0.246. The molecule has 0 saturated carbocycles. The van der Waals surface area contributed by atoms with E-state index >= 15 is 0 Å². The highest BCUT2D eigenvalue weighted by Crippen LogP contribution is 2.23. The maximum Gasteiger partial charge on any atom is 0.289 e. The van der Waals surface area contributed by atoms with Gasteiger partial charge < -0.3 is 14.2 Å². The van der Waals surface area contributed by atoms with Crippen molar-refractivity contribution in [1.82, 2.24) is 14.5 Å². The predicted octanol–water partition coefficient (Wildman–Crippen LogP) is 0.210. The lowest BCUT2D eigenvalue weighted by atomic mass is 10.1. The molecule has 1 aromatic rings. The monoisotopic (exact) mass is 315 g/mol. The second-order valence-corrected chi connectivity index (χ2v) is 7.36. The molecule has 7 nitrogen and oxygen atoms in total. The Hall–Kier alpha value is -1.38. The van der Waals surface area contributed by atoms with Crippen molar-refractivity contribution in [2.45, 2.75) is 18.1 Å². The number of likely N-dealkylation sites (tertiary alicyclic amines) is 1. The van der Waals surface area contributed by atoms with E-state index in [1.807, 2.05) is 14.1 Å². The molecule has 2 heterocycles. The zero-order valence-corrected chi connectivity index (χ0v) is 13.5. The Morgan fingerprint density at radius 2 is 2.05 bits per heavy atom. The van der Waals surface area contributed by atoms with Crippen molar-refractivity contribution in [2.75, 3.05) is 34.2 Å². The Kier molecular flexibility index (Phi) is 4.40. The largest absolute Gasteiger partial charge is 0.438 e. The molecule has 2 unspecified atom stereocenters. The van der Waals surface area contributed by atoms with Crippen molar-refractivity contribution in [2.24, 2.45) is 5.92 Å². The lowest BCUT2D eigenvalue weighted by molar-refractivity contribution is 0.0744. The van der Waals surface area contributed by atoms with Crippen molar-refractivity contribution in [3.8, 4) is 0 Å². The number of likely N-dealkylation sites (N-methyl/N-ethyl adjacent to an activating group) is 1. The van der Waals surface area contributed by atoms with E-state index < -0.39 is 10.0 Å². The molecule has 0 aliphatic carbocycles. The van der Waals surface area contributed by atoms with Gasteiger partial charge in [-0.05, 0) is 39.2 Å². The van der Waals surface area contributed by atoms with Crippen LogP contribution in [0.25, 0.3) is 0 Å². The molecule has 2 rings (SSSR count). The van der Waals surface area contributed by atoms with Gasteiger partial charge in [0.25, 0.3) is 15.9 Å². The number of amides is 1. The fourth-order valence-electron chi connectivity index (χ4n) is 2.62. The first kappa shape index (κ1) is 16.0. The molecule has 2 atom stereocenters. The van der Waals surface area contributed by atoms with Gasteiger partial charge in [0.15, 0.2) is 5.76 Å². The number of furan rings is 1. The number of nitrogens with one attached hydrogen (secondary N) is 1. The first-order valence-electron chi connectivity index (χ1n) is 6.75. The summed E-state index contributed by atoms with van der Waals surface area (Å²) in [7, 11) is 1.60. The summed E-state index contributed by atoms with van der Waals surface area (Å²) in [6.07, 6.45) is 0. The minimum Gasteiger partial charge on any atom is -0.438 e. The number of carbonyl (C=O) groups is 1. The first-order chi connectivity index (χ1) is 9.76. The van der Waals surface area contributed by atoms with E-state index in [2.05, 4.69) is 16.5 Å². The molecule has 1 fully saturated rings. The predicted molar refractivity (Wildman–Crippen MR) is 77.5 cm³/mol. The van der Waals surface area contributed by atoms with Crippen LogP contribution in [0.4, 0.5) is 0 Å². The number of nitrogens with zero attached hydrogens (tertiary/aromatic N) is 2. The topological polar surface area (TPSA) is 82.9 Å². The molecule has 21 heavy (non-hydrogen) atoms. The zero-order chi connectivity index (χ0) is 15.8. The van der Waals surface area contributed by atoms with Gasteiger partial charge >= 0.3 is 0 Å². The van der Waals surface area contributed by atoms with E-state index in [9.17, 15) is 13.2 Å². The summed E-state index contributed by atoms with van der Waals surface area (Å²) >= 11 is 0. The number of rotatable bonds is 4. The first-order valence-corrected chi connectivity index (χ1v) is 8.23. The Morgan fingerprint density at radius 3 is 2.57 bits per heavy atom. The van der Waals surface area contributed by atoms with Gasteiger partial charge in [-0.25, -0.2) is 13.1 Å². The molecule has 1 amide bonds. The minimum atomic E-state index is -3.67. The van der Waals surface area contributed by atoms with Crippen LogP contribution >= 0.6 is 0 Å². The number of carbonyl (C=O) groups excluding carboxylic acids is 1. The number of hydrogen-bond acceptors (Lipinski definition) is 5. The van der Waals surface area contributed by atoms with E-state index in [0.29, 0.717) is 25.0 Å². The van der Waals surface area contributed by atoms with Crippen molar-refractivity contribution in [3.05, 3.63) is 17.9 Å². The molecule has 0 radical (unpaired) electrons. The summed E-state index contributed by atoms with van der Waals surface area (Å²) < 4.78 is 30.6. The molecular formula is C13H21N3O4S. The van der Waals surface area contributed by atoms with Gasteiger partial charge in [0.05, 0.1) is 0 Å². The van der Waals surface area contributed by atoms with E-state index in [1.54, 1.807) is 4.90 Å². The van der Waals surface area contributed by atoms with Crippen LogP contribution < -0.4 is 4.72 Å². The molecule has 1 N–H and O–H groups in total. The molecule has 1 aromatic heterocycles. The average molecular weight is 315 g/mol. The molecule has 8 heteroatoms. The highest BCUT2D eigenvalue weighted by atomic mass is 32.2. The standard InChI is InChI=1S/C13H21N3O4S/c1-9-7-16(8-10(9)15(3)4)13(17)11-5-6-12(20-11)21(18,19)14-2/h5-6,9-10,14H,7-8H2,1-4H3. The third kappa shape index (κ3) is 3.12. The van der Waals surface area contributed by atoms with E-state index in [0.717, 1.165) is 0 Å². The summed E-state index contributed by atoms with van der Waals surface area (Å²) in [5.41, 5.74) is 0. The molecule has 1 saturated heterocycles. The summed E-state index contributed by atoms with van der Waals surface area (Å²) in [5.74, 6) is 0.138. The highest BCUT2D eigenvalue weighted by molar-refractivity contribution is 7.89. The summed E-state index contributed by atoms with van der Waals surface area (Å²) in [6, 6.07) is 2.99. The summed E-state index contributed by atoms with van der Waals surface area (Å²) in [4.78, 5) is 16.2. The maximum absolute atomic E-state index is 12.4. The van der Waals surface area contributed by atoms with Gasteiger partial charge in [-0.1, -0.05) is 6.92 Å². The van der Waals surface area contributed by atoms with Crippen molar-refractivity contribution in [1.29, 1.82) is 0 Å². The van der Waals surface area contributed by atoms with Crippen LogP contribution in [0.15, 0.2) is 21.6 Å². The third-order valence-electron chi connectivity index (χ3n) is 3.85. The van der Waals surface area contributed by atoms with Gasteiger partial charge in [-0.3, -0.25) is 4.79 Å². The maximum atomic E-state index is 12.4. The van der Waals surface area contributed by atoms with E-state index in [-0.39, 0.29) is 16.8 Å². The zero-order valence-electron chi connectivity index (χ0n) is 12.7. The lowest BCUT2D eigenvalue weighted by Gasteiger charge is -2.22.